The predicted octanol–water partition coefficient (Wildman–Crippen LogP) is 0.406. The minimum atomic E-state index is -1.05. The van der Waals surface area contributed by atoms with Crippen LogP contribution in [0.15, 0.2) is 24.3 Å². The summed E-state index contributed by atoms with van der Waals surface area (Å²) in [6.45, 7) is 0.161. The molecule has 84 valence electrons. The van der Waals surface area contributed by atoms with Crippen LogP contribution >= 0.6 is 0 Å². The first kappa shape index (κ1) is 12.0. The third kappa shape index (κ3) is 2.72. The Morgan fingerprint density at radius 3 is 2.81 bits per heavy atom. The molecule has 0 bridgehead atoms. The van der Waals surface area contributed by atoms with E-state index in [1.165, 1.54) is 0 Å². The molecule has 1 aromatic rings. The Morgan fingerprint density at radius 1 is 1.62 bits per heavy atom. The second-order valence-electron chi connectivity index (χ2n) is 3.45. The Balaban J connectivity index is 2.85. The minimum Gasteiger partial charge on any atom is -0.480 e. The Morgan fingerprint density at radius 2 is 2.25 bits per heavy atom. The average Bonchev–Trinajstić information content (AvgIpc) is 2.28. The van der Waals surface area contributed by atoms with Gasteiger partial charge in [-0.3, -0.25) is 4.79 Å². The molecular formula is C11H13N3O2. The molecule has 0 saturated heterocycles. The minimum absolute atomic E-state index is 0.161. The summed E-state index contributed by atoms with van der Waals surface area (Å²) in [6.07, 6.45) is 0. The number of aliphatic carboxylic acids is 1. The zero-order valence-electron chi connectivity index (χ0n) is 8.92. The van der Waals surface area contributed by atoms with Gasteiger partial charge >= 0.3 is 5.97 Å². The van der Waals surface area contributed by atoms with E-state index in [-0.39, 0.29) is 6.54 Å². The normalized spacial score (nSPS) is 11.6. The van der Waals surface area contributed by atoms with E-state index in [0.717, 1.165) is 0 Å². The summed E-state index contributed by atoms with van der Waals surface area (Å²) in [7, 11) is 1.71. The van der Waals surface area contributed by atoms with Crippen molar-refractivity contribution >= 4 is 11.7 Å². The number of rotatable bonds is 4. The second kappa shape index (κ2) is 5.14. The van der Waals surface area contributed by atoms with Crippen LogP contribution in [0.5, 0.6) is 0 Å². The molecule has 0 aliphatic carbocycles. The van der Waals surface area contributed by atoms with Crippen molar-refractivity contribution in [1.82, 2.24) is 0 Å². The van der Waals surface area contributed by atoms with Gasteiger partial charge in [0, 0.05) is 13.6 Å². The molecule has 0 heterocycles. The molecule has 0 saturated carbocycles. The Hall–Kier alpha value is -2.06. The van der Waals surface area contributed by atoms with Crippen LogP contribution < -0.4 is 10.6 Å². The molecule has 0 fully saturated rings. The first-order valence-electron chi connectivity index (χ1n) is 4.75. The number of anilines is 1. The first-order valence-corrected chi connectivity index (χ1v) is 4.75. The molecule has 0 amide bonds. The lowest BCUT2D eigenvalue weighted by molar-refractivity contribution is -0.138. The van der Waals surface area contributed by atoms with Crippen molar-refractivity contribution in [2.45, 2.75) is 6.04 Å². The molecule has 5 heteroatoms. The van der Waals surface area contributed by atoms with Crippen LogP contribution in [-0.2, 0) is 4.79 Å². The molecule has 1 atom stereocenters. The molecule has 1 rings (SSSR count). The van der Waals surface area contributed by atoms with Gasteiger partial charge in [-0.25, -0.2) is 0 Å². The highest BCUT2D eigenvalue weighted by molar-refractivity contribution is 5.74. The summed E-state index contributed by atoms with van der Waals surface area (Å²) in [5.41, 5.74) is 6.61. The molecule has 1 aromatic carbocycles. The molecule has 0 radical (unpaired) electrons. The van der Waals surface area contributed by atoms with Crippen LogP contribution in [0.4, 0.5) is 5.69 Å². The number of hydrogen-bond acceptors (Lipinski definition) is 4. The van der Waals surface area contributed by atoms with Crippen LogP contribution in [0, 0.1) is 11.3 Å². The Kier molecular flexibility index (Phi) is 3.86. The smallest absolute Gasteiger partial charge is 0.322 e. The van der Waals surface area contributed by atoms with E-state index in [2.05, 4.69) is 0 Å². The lowest BCUT2D eigenvalue weighted by Crippen LogP contribution is -2.41. The van der Waals surface area contributed by atoms with Gasteiger partial charge in [0.1, 0.15) is 12.1 Å². The van der Waals surface area contributed by atoms with Crippen LogP contribution in [0.2, 0.25) is 0 Å². The summed E-state index contributed by atoms with van der Waals surface area (Å²) in [4.78, 5) is 12.3. The van der Waals surface area contributed by atoms with E-state index in [0.29, 0.717) is 11.3 Å². The van der Waals surface area contributed by atoms with Gasteiger partial charge in [-0.2, -0.15) is 5.26 Å². The van der Waals surface area contributed by atoms with Gasteiger partial charge in [-0.1, -0.05) is 12.1 Å². The van der Waals surface area contributed by atoms with Gasteiger partial charge in [-0.05, 0) is 12.1 Å². The van der Waals surface area contributed by atoms with E-state index < -0.39 is 12.0 Å². The van der Waals surface area contributed by atoms with Gasteiger partial charge in [-0.15, -0.1) is 0 Å². The van der Waals surface area contributed by atoms with Crippen molar-refractivity contribution < 1.29 is 9.90 Å². The van der Waals surface area contributed by atoms with Crippen molar-refractivity contribution in [3.8, 4) is 6.07 Å². The fourth-order valence-corrected chi connectivity index (χ4v) is 1.37. The molecular weight excluding hydrogens is 206 g/mol. The number of carboxylic acids is 1. The first-order chi connectivity index (χ1) is 7.56. The van der Waals surface area contributed by atoms with Gasteiger partial charge in [0.05, 0.1) is 11.3 Å². The lowest BCUT2D eigenvalue weighted by atomic mass is 10.1. The van der Waals surface area contributed by atoms with E-state index in [4.69, 9.17) is 16.1 Å². The van der Waals surface area contributed by atoms with Crippen molar-refractivity contribution in [2.75, 3.05) is 18.5 Å². The molecule has 0 spiro atoms. The van der Waals surface area contributed by atoms with E-state index in [9.17, 15) is 4.79 Å². The highest BCUT2D eigenvalue weighted by Crippen LogP contribution is 2.17. The van der Waals surface area contributed by atoms with Gasteiger partial charge in [0.2, 0.25) is 0 Å². The lowest BCUT2D eigenvalue weighted by Gasteiger charge is -2.22. The molecule has 1 unspecified atom stereocenters. The molecule has 0 aromatic heterocycles. The number of benzene rings is 1. The highest BCUT2D eigenvalue weighted by Gasteiger charge is 2.15. The highest BCUT2D eigenvalue weighted by atomic mass is 16.4. The van der Waals surface area contributed by atoms with Crippen molar-refractivity contribution in [1.29, 1.82) is 5.26 Å². The van der Waals surface area contributed by atoms with E-state index in [1.807, 2.05) is 6.07 Å². The van der Waals surface area contributed by atoms with Crippen LogP contribution in [-0.4, -0.2) is 30.7 Å². The number of carbonyl (C=O) groups is 1. The van der Waals surface area contributed by atoms with Crippen LogP contribution in [0.3, 0.4) is 0 Å². The third-order valence-electron chi connectivity index (χ3n) is 2.22. The standard InChI is InChI=1S/C11H13N3O2/c1-14(7-9(13)11(15)16)10-5-3-2-4-8(10)6-12/h2-5,9H,7,13H2,1H3,(H,15,16). The maximum atomic E-state index is 10.6. The number of nitrogens with zero attached hydrogens (tertiary/aromatic N) is 2. The number of hydrogen-bond donors (Lipinski definition) is 2. The average molecular weight is 219 g/mol. The van der Waals surface area contributed by atoms with Gasteiger partial charge in [0.25, 0.3) is 0 Å². The quantitative estimate of drug-likeness (QED) is 0.765. The maximum Gasteiger partial charge on any atom is 0.322 e. The molecule has 3 N–H and O–H groups in total. The summed E-state index contributed by atoms with van der Waals surface area (Å²) in [6, 6.07) is 8.07. The fraction of sp³-hybridized carbons (Fsp3) is 0.273. The number of nitrogens with two attached hydrogens (primary N) is 1. The topological polar surface area (TPSA) is 90.3 Å². The molecule has 16 heavy (non-hydrogen) atoms. The number of likely N-dealkylation sites (N-methyl/N-ethyl adjacent to an activating group) is 1. The van der Waals surface area contributed by atoms with Crippen molar-refractivity contribution in [2.24, 2.45) is 5.73 Å². The number of nitriles is 1. The summed E-state index contributed by atoms with van der Waals surface area (Å²) < 4.78 is 0. The monoisotopic (exact) mass is 219 g/mol. The van der Waals surface area contributed by atoms with Gasteiger partial charge < -0.3 is 15.7 Å². The van der Waals surface area contributed by atoms with E-state index in [1.54, 1.807) is 36.2 Å². The zero-order valence-corrected chi connectivity index (χ0v) is 8.92. The number of para-hydroxylation sites is 1. The maximum absolute atomic E-state index is 10.6. The second-order valence-corrected chi connectivity index (χ2v) is 3.45. The Labute approximate surface area is 93.7 Å². The largest absolute Gasteiger partial charge is 0.480 e. The number of carboxylic acid groups (broad SMARTS) is 1. The van der Waals surface area contributed by atoms with E-state index >= 15 is 0 Å². The van der Waals surface area contributed by atoms with Gasteiger partial charge in [0.15, 0.2) is 0 Å². The van der Waals surface area contributed by atoms with Crippen LogP contribution in [0.1, 0.15) is 5.56 Å². The third-order valence-corrected chi connectivity index (χ3v) is 2.22. The molecule has 0 aliphatic rings. The van der Waals surface area contributed by atoms with Crippen molar-refractivity contribution in [3.05, 3.63) is 29.8 Å². The SMILES string of the molecule is CN(CC(N)C(=O)O)c1ccccc1C#N. The summed E-state index contributed by atoms with van der Waals surface area (Å²) in [5, 5.41) is 17.6. The predicted molar refractivity (Wildman–Crippen MR) is 60.0 cm³/mol. The summed E-state index contributed by atoms with van der Waals surface area (Å²) >= 11 is 0. The molecule has 0 aliphatic heterocycles. The zero-order chi connectivity index (χ0) is 12.1. The fourth-order valence-electron chi connectivity index (χ4n) is 1.37. The molecule has 5 nitrogen and oxygen atoms in total. The van der Waals surface area contributed by atoms with Crippen molar-refractivity contribution in [3.63, 3.8) is 0 Å². The van der Waals surface area contributed by atoms with Crippen LogP contribution in [0.25, 0.3) is 0 Å². The Bertz CT molecular complexity index is 425. The summed E-state index contributed by atoms with van der Waals surface area (Å²) in [5.74, 6) is -1.05.